The van der Waals surface area contributed by atoms with E-state index in [1.165, 1.54) is 14.0 Å². The second-order valence-electron chi connectivity index (χ2n) is 3.16. The van der Waals surface area contributed by atoms with Crippen molar-refractivity contribution in [3.05, 3.63) is 0 Å². The number of thioether (sulfide) groups is 1. The number of carbonyl (C=O) groups excluding carboxylic acids is 1. The van der Waals surface area contributed by atoms with Gasteiger partial charge in [-0.05, 0) is 24.9 Å². The van der Waals surface area contributed by atoms with E-state index in [1.54, 1.807) is 11.8 Å². The molecule has 0 aromatic heterocycles. The molecule has 14 heavy (non-hydrogen) atoms. The molecular weight excluding hydrogens is 202 g/mol. The molecule has 0 radical (unpaired) electrons. The number of carboxylic acids is 1. The van der Waals surface area contributed by atoms with E-state index in [2.05, 4.69) is 5.32 Å². The first kappa shape index (κ1) is 13.3. The summed E-state index contributed by atoms with van der Waals surface area (Å²) in [5.74, 6) is 0.131. The van der Waals surface area contributed by atoms with Crippen molar-refractivity contribution >= 4 is 23.6 Å². The van der Waals surface area contributed by atoms with Gasteiger partial charge < -0.3 is 10.4 Å². The highest BCUT2D eigenvalue weighted by Gasteiger charge is 2.39. The average molecular weight is 219 g/mol. The summed E-state index contributed by atoms with van der Waals surface area (Å²) in [6.07, 6.45) is 0.362. The molecule has 1 unspecified atom stereocenters. The molecular formula is C9H17NO3S. The van der Waals surface area contributed by atoms with Crippen LogP contribution in [0.25, 0.3) is 0 Å². The molecule has 0 aliphatic heterocycles. The summed E-state index contributed by atoms with van der Waals surface area (Å²) in [4.78, 5) is 22.3. The van der Waals surface area contributed by atoms with Crippen molar-refractivity contribution in [1.29, 1.82) is 0 Å². The Hall–Kier alpha value is -0.710. The summed E-state index contributed by atoms with van der Waals surface area (Å²) >= 11 is 1.64. The van der Waals surface area contributed by atoms with Gasteiger partial charge in [-0.15, -0.1) is 0 Å². The van der Waals surface area contributed by atoms with Crippen LogP contribution in [0.5, 0.6) is 0 Å². The topological polar surface area (TPSA) is 66.4 Å². The van der Waals surface area contributed by atoms with E-state index < -0.39 is 17.3 Å². The monoisotopic (exact) mass is 219 g/mol. The first-order chi connectivity index (χ1) is 6.49. The van der Waals surface area contributed by atoms with Gasteiger partial charge in [0.1, 0.15) is 5.41 Å². The lowest BCUT2D eigenvalue weighted by molar-refractivity contribution is -0.154. The molecule has 1 atom stereocenters. The number of nitrogens with one attached hydrogen (secondary N) is 1. The van der Waals surface area contributed by atoms with Gasteiger partial charge in [-0.2, -0.15) is 11.8 Å². The Bertz CT molecular complexity index is 220. The van der Waals surface area contributed by atoms with Gasteiger partial charge in [0.15, 0.2) is 0 Å². The van der Waals surface area contributed by atoms with Crippen LogP contribution in [0.15, 0.2) is 0 Å². The van der Waals surface area contributed by atoms with Gasteiger partial charge in [-0.25, -0.2) is 0 Å². The smallest absolute Gasteiger partial charge is 0.318 e. The number of rotatable bonds is 6. The average Bonchev–Trinajstić information content (AvgIpc) is 2.16. The van der Waals surface area contributed by atoms with Crippen LogP contribution in [-0.4, -0.2) is 35.5 Å². The zero-order valence-corrected chi connectivity index (χ0v) is 9.61. The predicted molar refractivity (Wildman–Crippen MR) is 57.4 cm³/mol. The van der Waals surface area contributed by atoms with Crippen LogP contribution in [0.3, 0.4) is 0 Å². The lowest BCUT2D eigenvalue weighted by atomic mass is 9.87. The highest BCUT2D eigenvalue weighted by atomic mass is 32.2. The summed E-state index contributed by atoms with van der Waals surface area (Å²) in [7, 11) is 1.45. The fourth-order valence-electron chi connectivity index (χ4n) is 1.01. The zero-order valence-electron chi connectivity index (χ0n) is 8.79. The predicted octanol–water partition coefficient (Wildman–Crippen LogP) is 0.966. The fraction of sp³-hybridized carbons (Fsp3) is 0.778. The highest BCUT2D eigenvalue weighted by Crippen LogP contribution is 2.24. The Balaban J connectivity index is 4.40. The second-order valence-corrected chi connectivity index (χ2v) is 4.56. The third-order valence-corrected chi connectivity index (χ3v) is 3.05. The van der Waals surface area contributed by atoms with Gasteiger partial charge >= 0.3 is 5.97 Å². The van der Waals surface area contributed by atoms with Crippen LogP contribution in [0.2, 0.25) is 0 Å². The van der Waals surface area contributed by atoms with Gasteiger partial charge in [-0.1, -0.05) is 6.92 Å². The standard InChI is InChI=1S/C9H17NO3S/c1-4-14-6-5-9(2,8(12)13)7(11)10-3/h4-6H2,1-3H3,(H,10,11)(H,12,13). The maximum absolute atomic E-state index is 11.4. The number of carboxylic acid groups (broad SMARTS) is 1. The second kappa shape index (κ2) is 5.90. The molecule has 0 rings (SSSR count). The van der Waals surface area contributed by atoms with Crippen molar-refractivity contribution in [2.45, 2.75) is 20.3 Å². The maximum Gasteiger partial charge on any atom is 0.318 e. The van der Waals surface area contributed by atoms with Crippen LogP contribution in [0.4, 0.5) is 0 Å². The zero-order chi connectivity index (χ0) is 11.2. The minimum atomic E-state index is -1.29. The molecule has 0 heterocycles. The van der Waals surface area contributed by atoms with Gasteiger partial charge in [0.25, 0.3) is 0 Å². The van der Waals surface area contributed by atoms with E-state index >= 15 is 0 Å². The third kappa shape index (κ3) is 3.21. The molecule has 4 nitrogen and oxygen atoms in total. The SMILES string of the molecule is CCSCCC(C)(C(=O)O)C(=O)NC. The summed E-state index contributed by atoms with van der Waals surface area (Å²) in [5, 5.41) is 11.3. The van der Waals surface area contributed by atoms with Crippen LogP contribution in [-0.2, 0) is 9.59 Å². The molecule has 0 aliphatic rings. The molecule has 0 aliphatic carbocycles. The number of hydrogen-bond acceptors (Lipinski definition) is 3. The van der Waals surface area contributed by atoms with Crippen LogP contribution >= 0.6 is 11.8 Å². The van der Waals surface area contributed by atoms with Crippen molar-refractivity contribution in [2.24, 2.45) is 5.41 Å². The minimum Gasteiger partial charge on any atom is -0.480 e. The van der Waals surface area contributed by atoms with Crippen LogP contribution in [0.1, 0.15) is 20.3 Å². The first-order valence-corrected chi connectivity index (χ1v) is 5.67. The molecule has 1 amide bonds. The van der Waals surface area contributed by atoms with Gasteiger partial charge in [0.2, 0.25) is 5.91 Å². The number of hydrogen-bond donors (Lipinski definition) is 2. The summed E-state index contributed by atoms with van der Waals surface area (Å²) in [5.41, 5.74) is -1.29. The minimum absolute atomic E-state index is 0.362. The Morgan fingerprint density at radius 1 is 1.50 bits per heavy atom. The first-order valence-electron chi connectivity index (χ1n) is 4.52. The lowest BCUT2D eigenvalue weighted by Crippen LogP contribution is -2.43. The molecule has 0 fully saturated rings. The molecule has 5 heteroatoms. The number of carbonyl (C=O) groups is 2. The summed E-state index contributed by atoms with van der Waals surface area (Å²) in [6.45, 7) is 3.47. The van der Waals surface area contributed by atoms with Crippen LogP contribution in [0, 0.1) is 5.41 Å². The molecule has 82 valence electrons. The Morgan fingerprint density at radius 3 is 2.43 bits per heavy atom. The molecule has 2 N–H and O–H groups in total. The van der Waals surface area contributed by atoms with Crippen LogP contribution < -0.4 is 5.32 Å². The van der Waals surface area contributed by atoms with Crippen molar-refractivity contribution < 1.29 is 14.7 Å². The van der Waals surface area contributed by atoms with Crippen molar-refractivity contribution in [3.63, 3.8) is 0 Å². The van der Waals surface area contributed by atoms with Gasteiger partial charge in [-0.3, -0.25) is 9.59 Å². The molecule has 0 spiro atoms. The fourth-order valence-corrected chi connectivity index (χ4v) is 1.86. The quantitative estimate of drug-likeness (QED) is 0.516. The van der Waals surface area contributed by atoms with Crippen molar-refractivity contribution in [1.82, 2.24) is 5.32 Å². The van der Waals surface area contributed by atoms with E-state index in [0.717, 1.165) is 5.75 Å². The van der Waals surface area contributed by atoms with E-state index in [9.17, 15) is 9.59 Å². The Kier molecular flexibility index (Phi) is 5.60. The molecule has 0 bridgehead atoms. The van der Waals surface area contributed by atoms with Gasteiger partial charge in [0.05, 0.1) is 0 Å². The van der Waals surface area contributed by atoms with Crippen molar-refractivity contribution in [3.8, 4) is 0 Å². The molecule has 0 aromatic rings. The molecule has 0 saturated heterocycles. The number of aliphatic carboxylic acids is 1. The lowest BCUT2D eigenvalue weighted by Gasteiger charge is -2.22. The van der Waals surface area contributed by atoms with E-state index in [4.69, 9.17) is 5.11 Å². The normalized spacial score (nSPS) is 14.5. The summed E-state index contributed by atoms with van der Waals surface area (Å²) < 4.78 is 0. The van der Waals surface area contributed by atoms with E-state index in [0.29, 0.717) is 12.2 Å². The Morgan fingerprint density at radius 2 is 2.07 bits per heavy atom. The third-order valence-electron chi connectivity index (χ3n) is 2.15. The number of amides is 1. The summed E-state index contributed by atoms with van der Waals surface area (Å²) in [6, 6.07) is 0. The van der Waals surface area contributed by atoms with E-state index in [1.807, 2.05) is 6.92 Å². The Labute approximate surface area is 88.4 Å². The highest BCUT2D eigenvalue weighted by molar-refractivity contribution is 7.99. The van der Waals surface area contributed by atoms with Gasteiger partial charge in [0, 0.05) is 7.05 Å². The largest absolute Gasteiger partial charge is 0.480 e. The van der Waals surface area contributed by atoms with Crippen molar-refractivity contribution in [2.75, 3.05) is 18.6 Å². The molecule has 0 aromatic carbocycles. The maximum atomic E-state index is 11.4. The van der Waals surface area contributed by atoms with E-state index in [-0.39, 0.29) is 0 Å². The molecule has 0 saturated carbocycles.